The molecule has 0 saturated heterocycles. The normalized spacial score (nSPS) is 16.1. The third kappa shape index (κ3) is 5.76. The lowest BCUT2D eigenvalue weighted by molar-refractivity contribution is -0.137. The van der Waals surface area contributed by atoms with Gasteiger partial charge in [-0.05, 0) is 98.5 Å². The molecule has 0 radical (unpaired) electrons. The molecule has 226 valence electrons. The van der Waals surface area contributed by atoms with Crippen LogP contribution in [0.2, 0.25) is 0 Å². The highest BCUT2D eigenvalue weighted by Gasteiger charge is 2.45. The molecule has 44 heavy (non-hydrogen) atoms. The number of aromatic nitrogens is 2. The van der Waals surface area contributed by atoms with Gasteiger partial charge < -0.3 is 19.9 Å². The Morgan fingerprint density at radius 3 is 2.45 bits per heavy atom. The number of esters is 1. The minimum atomic E-state index is -0.961. The number of nitrogens with one attached hydrogen (secondary N) is 2. The second kappa shape index (κ2) is 12.5. The van der Waals surface area contributed by atoms with E-state index >= 15 is 0 Å². The zero-order chi connectivity index (χ0) is 30.7. The van der Waals surface area contributed by atoms with E-state index in [1.54, 1.807) is 25.1 Å². The Kier molecular flexibility index (Phi) is 8.33. The average molecular weight is 591 g/mol. The van der Waals surface area contributed by atoms with Crippen LogP contribution in [0.4, 0.5) is 5.69 Å². The van der Waals surface area contributed by atoms with Crippen LogP contribution in [0.3, 0.4) is 0 Å². The van der Waals surface area contributed by atoms with Crippen LogP contribution in [-0.4, -0.2) is 39.5 Å². The van der Waals surface area contributed by atoms with Crippen molar-refractivity contribution in [2.75, 3.05) is 11.9 Å². The van der Waals surface area contributed by atoms with Gasteiger partial charge >= 0.3 is 5.97 Å². The number of amides is 2. The third-order valence-electron chi connectivity index (χ3n) is 9.03. The Balaban J connectivity index is 1.21. The molecule has 2 fully saturated rings. The molecule has 2 saturated carbocycles. The second-order valence-corrected chi connectivity index (χ2v) is 11.8. The molecule has 0 unspecified atom stereocenters. The maximum Gasteiger partial charge on any atom is 0.330 e. The van der Waals surface area contributed by atoms with E-state index in [0.717, 1.165) is 47.1 Å². The standard InChI is InChI=1S/C36H38N4O4/c1-3-44-31(41)19-14-24-12-16-27(17-13-24)38-35(43)36(20-8-21-36)39-34(42)26-15-18-28-30(23-26)40(2)33(29-11-6-7-22-37-29)32(28)25-9-4-5-10-25/h6-7,11-19,22-23,25H,3-5,8-10,20-21H2,1-2H3,(H,38,43)(H,39,42)/b19-14+. The van der Waals surface area contributed by atoms with E-state index in [9.17, 15) is 14.4 Å². The van der Waals surface area contributed by atoms with Crippen molar-refractivity contribution in [1.82, 2.24) is 14.9 Å². The molecule has 2 aliphatic carbocycles. The van der Waals surface area contributed by atoms with Crippen LogP contribution >= 0.6 is 0 Å². The van der Waals surface area contributed by atoms with Crippen LogP contribution in [0.5, 0.6) is 0 Å². The van der Waals surface area contributed by atoms with E-state index in [0.29, 0.717) is 36.6 Å². The second-order valence-electron chi connectivity index (χ2n) is 11.8. The molecular formula is C36H38N4O4. The number of anilines is 1. The number of hydrogen-bond acceptors (Lipinski definition) is 5. The first-order chi connectivity index (χ1) is 21.4. The number of carbonyl (C=O) groups is 3. The molecule has 2 heterocycles. The quantitative estimate of drug-likeness (QED) is 0.166. The Hall–Kier alpha value is -4.72. The predicted octanol–water partition coefficient (Wildman–Crippen LogP) is 6.77. The lowest BCUT2D eigenvalue weighted by Gasteiger charge is -2.40. The number of fused-ring (bicyclic) bond motifs is 1. The van der Waals surface area contributed by atoms with Gasteiger partial charge in [0.2, 0.25) is 5.91 Å². The van der Waals surface area contributed by atoms with E-state index in [2.05, 4.69) is 26.3 Å². The van der Waals surface area contributed by atoms with Crippen molar-refractivity contribution in [2.45, 2.75) is 63.3 Å². The van der Waals surface area contributed by atoms with Crippen LogP contribution in [-0.2, 0) is 21.4 Å². The van der Waals surface area contributed by atoms with Crippen molar-refractivity contribution in [2.24, 2.45) is 7.05 Å². The fourth-order valence-corrected chi connectivity index (χ4v) is 6.56. The molecule has 8 heteroatoms. The lowest BCUT2D eigenvalue weighted by Crippen LogP contribution is -2.61. The molecular weight excluding hydrogens is 552 g/mol. The number of carbonyl (C=O) groups excluding carboxylic acids is 3. The Bertz CT molecular complexity index is 1710. The van der Waals surface area contributed by atoms with Crippen molar-refractivity contribution in [3.63, 3.8) is 0 Å². The zero-order valence-corrected chi connectivity index (χ0v) is 25.3. The lowest BCUT2D eigenvalue weighted by atomic mass is 9.75. The molecule has 0 bridgehead atoms. The average Bonchev–Trinajstić information content (AvgIpc) is 3.65. The third-order valence-corrected chi connectivity index (χ3v) is 9.03. The number of pyridine rings is 1. The maximum atomic E-state index is 13.6. The van der Waals surface area contributed by atoms with E-state index in [1.165, 1.54) is 24.5 Å². The minimum Gasteiger partial charge on any atom is -0.463 e. The highest BCUT2D eigenvalue weighted by atomic mass is 16.5. The number of aryl methyl sites for hydroxylation is 1. The number of benzene rings is 2. The first-order valence-corrected chi connectivity index (χ1v) is 15.5. The summed E-state index contributed by atoms with van der Waals surface area (Å²) in [6, 6.07) is 19.1. The Labute approximate surface area is 257 Å². The first-order valence-electron chi connectivity index (χ1n) is 15.5. The fraction of sp³-hybridized carbons (Fsp3) is 0.333. The number of nitrogens with zero attached hydrogens (tertiary/aromatic N) is 2. The van der Waals surface area contributed by atoms with Gasteiger partial charge in [-0.3, -0.25) is 14.6 Å². The van der Waals surface area contributed by atoms with Gasteiger partial charge in [0.15, 0.2) is 0 Å². The van der Waals surface area contributed by atoms with Gasteiger partial charge in [0.05, 0.1) is 18.0 Å². The summed E-state index contributed by atoms with van der Waals surface area (Å²) in [6.07, 6.45) is 11.6. The number of hydrogen-bond donors (Lipinski definition) is 2. The van der Waals surface area contributed by atoms with E-state index in [1.807, 2.05) is 55.7 Å². The van der Waals surface area contributed by atoms with Crippen molar-refractivity contribution >= 4 is 40.4 Å². The number of ether oxygens (including phenoxy) is 1. The van der Waals surface area contributed by atoms with Crippen LogP contribution < -0.4 is 10.6 Å². The predicted molar refractivity (Wildman–Crippen MR) is 172 cm³/mol. The van der Waals surface area contributed by atoms with Crippen LogP contribution in [0.1, 0.15) is 79.3 Å². The summed E-state index contributed by atoms with van der Waals surface area (Å²) in [5.74, 6) is -0.418. The minimum absolute atomic E-state index is 0.229. The first kappa shape index (κ1) is 29.4. The summed E-state index contributed by atoms with van der Waals surface area (Å²) in [5, 5.41) is 7.21. The molecule has 2 N–H and O–H groups in total. The van der Waals surface area contributed by atoms with Crippen LogP contribution in [0.25, 0.3) is 28.4 Å². The van der Waals surface area contributed by atoms with Gasteiger partial charge in [-0.25, -0.2) is 4.79 Å². The van der Waals surface area contributed by atoms with Crippen molar-refractivity contribution < 1.29 is 19.1 Å². The maximum absolute atomic E-state index is 13.6. The van der Waals surface area contributed by atoms with Crippen molar-refractivity contribution in [1.29, 1.82) is 0 Å². The molecule has 0 aliphatic heterocycles. The molecule has 2 aromatic carbocycles. The van der Waals surface area contributed by atoms with Crippen molar-refractivity contribution in [3.8, 4) is 11.4 Å². The van der Waals surface area contributed by atoms with Gasteiger partial charge in [-0.1, -0.05) is 37.1 Å². The van der Waals surface area contributed by atoms with Crippen LogP contribution in [0.15, 0.2) is 72.9 Å². The fourth-order valence-electron chi connectivity index (χ4n) is 6.56. The van der Waals surface area contributed by atoms with Gasteiger partial charge in [-0.2, -0.15) is 0 Å². The van der Waals surface area contributed by atoms with Gasteiger partial charge in [0.1, 0.15) is 5.54 Å². The largest absolute Gasteiger partial charge is 0.463 e. The van der Waals surface area contributed by atoms with Crippen molar-refractivity contribution in [3.05, 3.63) is 89.6 Å². The molecule has 2 aliphatic rings. The van der Waals surface area contributed by atoms with E-state index < -0.39 is 11.5 Å². The van der Waals surface area contributed by atoms with Gasteiger partial charge in [0.25, 0.3) is 5.91 Å². The smallest absolute Gasteiger partial charge is 0.330 e. The SMILES string of the molecule is CCOC(=O)/C=C/c1ccc(NC(=O)C2(NC(=O)c3ccc4c(C5CCCC5)c(-c5ccccn5)n(C)c4c3)CCC2)cc1. The number of rotatable bonds is 9. The molecule has 8 nitrogen and oxygen atoms in total. The molecule has 2 aromatic heterocycles. The summed E-state index contributed by atoms with van der Waals surface area (Å²) in [6.45, 7) is 2.08. The summed E-state index contributed by atoms with van der Waals surface area (Å²) in [4.78, 5) is 43.4. The van der Waals surface area contributed by atoms with Gasteiger partial charge in [-0.15, -0.1) is 0 Å². The summed E-state index contributed by atoms with van der Waals surface area (Å²) < 4.78 is 7.08. The topological polar surface area (TPSA) is 102 Å². The highest BCUT2D eigenvalue weighted by Crippen LogP contribution is 2.44. The summed E-state index contributed by atoms with van der Waals surface area (Å²) >= 11 is 0. The molecule has 2 amide bonds. The van der Waals surface area contributed by atoms with E-state index in [-0.39, 0.29) is 11.8 Å². The Morgan fingerprint density at radius 2 is 1.80 bits per heavy atom. The van der Waals surface area contributed by atoms with Gasteiger partial charge in [0, 0.05) is 41.5 Å². The summed E-state index contributed by atoms with van der Waals surface area (Å²) in [7, 11) is 2.05. The van der Waals surface area contributed by atoms with E-state index in [4.69, 9.17) is 4.74 Å². The molecule has 0 atom stereocenters. The zero-order valence-electron chi connectivity index (χ0n) is 25.3. The molecule has 0 spiro atoms. The Morgan fingerprint density at radius 1 is 1.02 bits per heavy atom. The monoisotopic (exact) mass is 590 g/mol. The molecule has 4 aromatic rings. The summed E-state index contributed by atoms with van der Waals surface area (Å²) in [5.41, 5.74) is 5.36. The van der Waals surface area contributed by atoms with Crippen LogP contribution in [0, 0.1) is 0 Å². The molecule has 6 rings (SSSR count). The highest BCUT2D eigenvalue weighted by molar-refractivity contribution is 6.06.